The normalized spacial score (nSPS) is 15.4. The summed E-state index contributed by atoms with van der Waals surface area (Å²) in [5.74, 6) is 0. The second kappa shape index (κ2) is 5.92. The fourth-order valence-corrected chi connectivity index (χ4v) is 2.48. The van der Waals surface area contributed by atoms with Gasteiger partial charge in [-0.1, -0.05) is 0 Å². The standard InChI is InChI=1S/C9H23N3O3S/c1-9(2,3)11-16(13,14)12(4)6-8(10)7-15-5/h8,11H,6-7,10H2,1-5H3. The lowest BCUT2D eigenvalue weighted by molar-refractivity contribution is 0.172. The van der Waals surface area contributed by atoms with Crippen LogP contribution in [0.25, 0.3) is 0 Å². The first-order valence-electron chi connectivity index (χ1n) is 5.08. The SMILES string of the molecule is COCC(N)CN(C)S(=O)(=O)NC(C)(C)C. The molecule has 0 heterocycles. The number of rotatable bonds is 6. The molecule has 0 saturated carbocycles. The highest BCUT2D eigenvalue weighted by molar-refractivity contribution is 7.87. The molecule has 0 aromatic rings. The van der Waals surface area contributed by atoms with Gasteiger partial charge in [-0.15, -0.1) is 0 Å². The number of hydrogen-bond acceptors (Lipinski definition) is 4. The molecule has 98 valence electrons. The monoisotopic (exact) mass is 253 g/mol. The first-order chi connectivity index (χ1) is 7.08. The average molecular weight is 253 g/mol. The zero-order valence-corrected chi connectivity index (χ0v) is 11.5. The second-order valence-electron chi connectivity index (χ2n) is 4.85. The minimum atomic E-state index is -3.48. The number of nitrogens with one attached hydrogen (secondary N) is 1. The minimum Gasteiger partial charge on any atom is -0.383 e. The van der Waals surface area contributed by atoms with Gasteiger partial charge in [-0.2, -0.15) is 17.4 Å². The molecule has 3 N–H and O–H groups in total. The predicted octanol–water partition coefficient (Wildman–Crippen LogP) is -0.475. The molecule has 0 fully saturated rings. The number of likely N-dealkylation sites (N-methyl/N-ethyl adjacent to an activating group) is 1. The lowest BCUT2D eigenvalue weighted by Gasteiger charge is -2.26. The third-order valence-electron chi connectivity index (χ3n) is 1.72. The van der Waals surface area contributed by atoms with Gasteiger partial charge in [0, 0.05) is 32.3 Å². The van der Waals surface area contributed by atoms with Crippen molar-refractivity contribution in [2.24, 2.45) is 5.73 Å². The zero-order chi connectivity index (χ0) is 13.0. The van der Waals surface area contributed by atoms with Gasteiger partial charge >= 0.3 is 0 Å². The lowest BCUT2D eigenvalue weighted by atomic mass is 10.1. The van der Waals surface area contributed by atoms with Gasteiger partial charge in [-0.3, -0.25) is 0 Å². The Morgan fingerprint density at radius 1 is 1.44 bits per heavy atom. The first kappa shape index (κ1) is 15.8. The molecule has 0 aromatic carbocycles. The van der Waals surface area contributed by atoms with E-state index in [2.05, 4.69) is 4.72 Å². The van der Waals surface area contributed by atoms with Crippen LogP contribution in [0.3, 0.4) is 0 Å². The molecule has 0 spiro atoms. The summed E-state index contributed by atoms with van der Waals surface area (Å²) in [6.45, 7) is 5.91. The fourth-order valence-electron chi connectivity index (χ4n) is 1.16. The zero-order valence-electron chi connectivity index (χ0n) is 10.6. The number of nitrogens with zero attached hydrogens (tertiary/aromatic N) is 1. The van der Waals surface area contributed by atoms with E-state index >= 15 is 0 Å². The third-order valence-corrected chi connectivity index (χ3v) is 3.56. The van der Waals surface area contributed by atoms with Gasteiger partial charge in [-0.25, -0.2) is 0 Å². The lowest BCUT2D eigenvalue weighted by Crippen LogP contribution is -2.50. The van der Waals surface area contributed by atoms with Crippen molar-refractivity contribution in [2.45, 2.75) is 32.4 Å². The maximum absolute atomic E-state index is 11.8. The van der Waals surface area contributed by atoms with Gasteiger partial charge in [-0.05, 0) is 20.8 Å². The van der Waals surface area contributed by atoms with Gasteiger partial charge in [0.1, 0.15) is 0 Å². The molecule has 0 radical (unpaired) electrons. The van der Waals surface area contributed by atoms with Gasteiger partial charge in [0.05, 0.1) is 6.61 Å². The number of methoxy groups -OCH3 is 1. The van der Waals surface area contributed by atoms with Crippen LogP contribution in [0.2, 0.25) is 0 Å². The second-order valence-corrected chi connectivity index (χ2v) is 6.63. The largest absolute Gasteiger partial charge is 0.383 e. The fraction of sp³-hybridized carbons (Fsp3) is 1.00. The Kier molecular flexibility index (Phi) is 5.85. The summed E-state index contributed by atoms with van der Waals surface area (Å²) in [5, 5.41) is 0. The van der Waals surface area contributed by atoms with E-state index < -0.39 is 15.7 Å². The summed E-state index contributed by atoms with van der Waals surface area (Å²) in [5.41, 5.74) is 5.19. The van der Waals surface area contributed by atoms with Crippen LogP contribution >= 0.6 is 0 Å². The van der Waals surface area contributed by atoms with Crippen molar-refractivity contribution in [3.63, 3.8) is 0 Å². The van der Waals surface area contributed by atoms with E-state index in [0.717, 1.165) is 0 Å². The molecular formula is C9H23N3O3S. The summed E-state index contributed by atoms with van der Waals surface area (Å²) in [7, 11) is -0.464. The molecule has 0 aliphatic rings. The van der Waals surface area contributed by atoms with Crippen molar-refractivity contribution in [3.05, 3.63) is 0 Å². The van der Waals surface area contributed by atoms with Gasteiger partial charge in [0.25, 0.3) is 10.2 Å². The van der Waals surface area contributed by atoms with Crippen LogP contribution in [0.15, 0.2) is 0 Å². The van der Waals surface area contributed by atoms with Gasteiger partial charge in [0.15, 0.2) is 0 Å². The van der Waals surface area contributed by atoms with Crippen LogP contribution in [-0.2, 0) is 14.9 Å². The first-order valence-corrected chi connectivity index (χ1v) is 6.52. The third kappa shape index (κ3) is 6.39. The highest BCUT2D eigenvalue weighted by atomic mass is 32.2. The van der Waals surface area contributed by atoms with Crippen LogP contribution in [0.5, 0.6) is 0 Å². The highest BCUT2D eigenvalue weighted by Gasteiger charge is 2.25. The topological polar surface area (TPSA) is 84.7 Å². The molecule has 0 aliphatic heterocycles. The quantitative estimate of drug-likeness (QED) is 0.670. The summed E-state index contributed by atoms with van der Waals surface area (Å²) in [6, 6.07) is -0.327. The van der Waals surface area contributed by atoms with E-state index in [0.29, 0.717) is 6.61 Å². The van der Waals surface area contributed by atoms with Crippen molar-refractivity contribution in [1.29, 1.82) is 0 Å². The number of hydrogen-bond donors (Lipinski definition) is 2. The maximum atomic E-state index is 11.8. The van der Waals surface area contributed by atoms with E-state index in [1.807, 2.05) is 0 Å². The Balaban J connectivity index is 4.42. The van der Waals surface area contributed by atoms with Crippen LogP contribution in [0.4, 0.5) is 0 Å². The molecule has 1 unspecified atom stereocenters. The Bertz CT molecular complexity index is 298. The molecular weight excluding hydrogens is 230 g/mol. The summed E-state index contributed by atoms with van der Waals surface area (Å²) >= 11 is 0. The van der Waals surface area contributed by atoms with E-state index in [1.54, 1.807) is 20.8 Å². The van der Waals surface area contributed by atoms with Gasteiger partial charge < -0.3 is 10.5 Å². The van der Waals surface area contributed by atoms with E-state index in [9.17, 15) is 8.42 Å². The van der Waals surface area contributed by atoms with Crippen LogP contribution in [-0.4, -0.2) is 51.6 Å². The molecule has 1 atom stereocenters. The summed E-state index contributed by atoms with van der Waals surface area (Å²) in [4.78, 5) is 0. The Morgan fingerprint density at radius 2 is 1.94 bits per heavy atom. The molecule has 0 aromatic heterocycles. The predicted molar refractivity (Wildman–Crippen MR) is 64.3 cm³/mol. The van der Waals surface area contributed by atoms with E-state index in [-0.39, 0.29) is 12.6 Å². The molecule has 6 nitrogen and oxygen atoms in total. The van der Waals surface area contributed by atoms with Crippen molar-refractivity contribution in [2.75, 3.05) is 27.3 Å². The Hall–Kier alpha value is -0.210. The highest BCUT2D eigenvalue weighted by Crippen LogP contribution is 2.05. The molecule has 0 amide bonds. The molecule has 16 heavy (non-hydrogen) atoms. The minimum absolute atomic E-state index is 0.221. The number of nitrogens with two attached hydrogens (primary N) is 1. The number of ether oxygens (including phenoxy) is 1. The Labute approximate surface area is 98.3 Å². The van der Waals surface area contributed by atoms with Crippen molar-refractivity contribution >= 4 is 10.2 Å². The van der Waals surface area contributed by atoms with Gasteiger partial charge in [0.2, 0.25) is 0 Å². The average Bonchev–Trinajstić information content (AvgIpc) is 1.99. The van der Waals surface area contributed by atoms with Crippen molar-refractivity contribution in [3.8, 4) is 0 Å². The van der Waals surface area contributed by atoms with E-state index in [1.165, 1.54) is 18.5 Å². The maximum Gasteiger partial charge on any atom is 0.279 e. The van der Waals surface area contributed by atoms with E-state index in [4.69, 9.17) is 10.5 Å². The van der Waals surface area contributed by atoms with Crippen LogP contribution in [0.1, 0.15) is 20.8 Å². The Morgan fingerprint density at radius 3 is 2.31 bits per heavy atom. The summed E-state index contributed by atoms with van der Waals surface area (Å²) < 4.78 is 32.2. The molecule has 0 saturated heterocycles. The van der Waals surface area contributed by atoms with Crippen LogP contribution in [0, 0.1) is 0 Å². The molecule has 7 heteroatoms. The molecule has 0 rings (SSSR count). The van der Waals surface area contributed by atoms with Crippen molar-refractivity contribution < 1.29 is 13.2 Å². The molecule has 0 aliphatic carbocycles. The van der Waals surface area contributed by atoms with Crippen molar-refractivity contribution in [1.82, 2.24) is 9.03 Å². The smallest absolute Gasteiger partial charge is 0.279 e. The molecule has 0 bridgehead atoms. The summed E-state index contributed by atoms with van der Waals surface area (Å²) in [6.07, 6.45) is 0. The van der Waals surface area contributed by atoms with Crippen LogP contribution < -0.4 is 10.5 Å².